The zero-order chi connectivity index (χ0) is 23.0. The summed E-state index contributed by atoms with van der Waals surface area (Å²) in [7, 11) is -4.15. The average Bonchev–Trinajstić information content (AvgIpc) is 3.11. The van der Waals surface area contributed by atoms with Crippen molar-refractivity contribution in [2.24, 2.45) is 0 Å². The summed E-state index contributed by atoms with van der Waals surface area (Å²) in [5.74, 6) is 0.480. The number of alkyl halides is 3. The fourth-order valence-corrected chi connectivity index (χ4v) is 4.86. The molecule has 0 aliphatic carbocycles. The second kappa shape index (κ2) is 8.77. The van der Waals surface area contributed by atoms with Gasteiger partial charge in [0.2, 0.25) is 15.9 Å². The van der Waals surface area contributed by atoms with Crippen molar-refractivity contribution >= 4 is 33.3 Å². The van der Waals surface area contributed by atoms with Crippen LogP contribution in [0, 0.1) is 6.92 Å². The number of hydrogen-bond donors (Lipinski definition) is 1. The quantitative estimate of drug-likeness (QED) is 0.707. The lowest BCUT2D eigenvalue weighted by Gasteiger charge is -2.36. The number of carbonyl (C=O) groups is 1. The fourth-order valence-electron chi connectivity index (χ4n) is 3.18. The number of amides is 1. The Morgan fingerprint density at radius 1 is 1.23 bits per heavy atom. The average molecular weight is 481 g/mol. The maximum atomic E-state index is 13.1. The van der Waals surface area contributed by atoms with Crippen LogP contribution in [-0.4, -0.2) is 60.9 Å². The van der Waals surface area contributed by atoms with E-state index >= 15 is 0 Å². The summed E-state index contributed by atoms with van der Waals surface area (Å²) in [5, 5.41) is 5.73. The fraction of sp³-hybridized carbons (Fsp3) is 0.444. The minimum atomic E-state index is -4.77. The molecule has 1 aromatic carbocycles. The SMILES string of the molecule is Cc1cc(NC(=O)C(C)N2CCN(S(=O)(=O)c3ccc(Cl)c(C(F)(F)F)c3)CC2)no1. The molecule has 1 atom stereocenters. The van der Waals surface area contributed by atoms with Gasteiger partial charge < -0.3 is 9.84 Å². The van der Waals surface area contributed by atoms with Gasteiger partial charge in [0, 0.05) is 32.2 Å². The van der Waals surface area contributed by atoms with Gasteiger partial charge in [-0.05, 0) is 32.0 Å². The second-order valence-electron chi connectivity index (χ2n) is 7.07. The molecule has 1 saturated heterocycles. The number of carbonyl (C=O) groups excluding carboxylic acids is 1. The molecule has 0 saturated carbocycles. The van der Waals surface area contributed by atoms with E-state index < -0.39 is 37.7 Å². The number of halogens is 4. The number of rotatable bonds is 5. The number of sulfonamides is 1. The van der Waals surface area contributed by atoms with Crippen molar-refractivity contribution in [1.82, 2.24) is 14.4 Å². The topological polar surface area (TPSA) is 95.8 Å². The van der Waals surface area contributed by atoms with E-state index in [1.165, 1.54) is 0 Å². The predicted molar refractivity (Wildman–Crippen MR) is 106 cm³/mol. The van der Waals surface area contributed by atoms with Crippen molar-refractivity contribution in [3.05, 3.63) is 40.6 Å². The summed E-state index contributed by atoms with van der Waals surface area (Å²) in [6.45, 7) is 3.85. The lowest BCUT2D eigenvalue weighted by Crippen LogP contribution is -2.53. The van der Waals surface area contributed by atoms with Gasteiger partial charge in [0.15, 0.2) is 5.82 Å². The van der Waals surface area contributed by atoms with Crippen molar-refractivity contribution in [2.75, 3.05) is 31.5 Å². The summed E-state index contributed by atoms with van der Waals surface area (Å²) in [4.78, 5) is 13.7. The molecule has 1 fully saturated rings. The molecular formula is C18H20ClF3N4O4S. The van der Waals surface area contributed by atoms with E-state index in [-0.39, 0.29) is 37.9 Å². The van der Waals surface area contributed by atoms with Gasteiger partial charge in [0.05, 0.1) is 21.5 Å². The van der Waals surface area contributed by atoms with Gasteiger partial charge in [-0.25, -0.2) is 8.42 Å². The first-order valence-corrected chi connectivity index (χ1v) is 11.1. The Morgan fingerprint density at radius 3 is 2.42 bits per heavy atom. The van der Waals surface area contributed by atoms with Crippen molar-refractivity contribution in [3.8, 4) is 0 Å². The van der Waals surface area contributed by atoms with Crippen LogP contribution in [0.3, 0.4) is 0 Å². The van der Waals surface area contributed by atoms with Gasteiger partial charge >= 0.3 is 6.18 Å². The number of nitrogens with zero attached hydrogens (tertiary/aromatic N) is 3. The van der Waals surface area contributed by atoms with Crippen molar-refractivity contribution in [3.63, 3.8) is 0 Å². The van der Waals surface area contributed by atoms with Gasteiger partial charge in [-0.1, -0.05) is 16.8 Å². The molecule has 1 amide bonds. The lowest BCUT2D eigenvalue weighted by molar-refractivity contribution is -0.137. The van der Waals surface area contributed by atoms with Crippen molar-refractivity contribution in [1.29, 1.82) is 0 Å². The smallest absolute Gasteiger partial charge is 0.360 e. The molecular weight excluding hydrogens is 461 g/mol. The van der Waals surface area contributed by atoms with Crippen LogP contribution in [0.15, 0.2) is 33.7 Å². The minimum Gasteiger partial charge on any atom is -0.360 e. The Balaban J connectivity index is 1.66. The molecule has 2 aromatic rings. The van der Waals surface area contributed by atoms with Crippen LogP contribution >= 0.6 is 11.6 Å². The molecule has 1 aliphatic rings. The van der Waals surface area contributed by atoms with E-state index in [2.05, 4.69) is 10.5 Å². The first-order valence-electron chi connectivity index (χ1n) is 9.24. The minimum absolute atomic E-state index is 0.0208. The first kappa shape index (κ1) is 23.5. The molecule has 170 valence electrons. The van der Waals surface area contributed by atoms with Crippen LogP contribution in [0.1, 0.15) is 18.2 Å². The Hall–Kier alpha value is -2.15. The van der Waals surface area contributed by atoms with Crippen LogP contribution in [0.25, 0.3) is 0 Å². The number of nitrogens with one attached hydrogen (secondary N) is 1. The summed E-state index contributed by atoms with van der Waals surface area (Å²) < 4.78 is 70.9. The normalized spacial score (nSPS) is 17.5. The highest BCUT2D eigenvalue weighted by atomic mass is 35.5. The van der Waals surface area contributed by atoms with Crippen LogP contribution in [-0.2, 0) is 21.0 Å². The van der Waals surface area contributed by atoms with Crippen LogP contribution < -0.4 is 5.32 Å². The summed E-state index contributed by atoms with van der Waals surface area (Å²) >= 11 is 5.58. The molecule has 31 heavy (non-hydrogen) atoms. The third kappa shape index (κ3) is 5.20. The third-order valence-corrected chi connectivity index (χ3v) is 7.18. The number of hydrogen-bond acceptors (Lipinski definition) is 6. The van der Waals surface area contributed by atoms with Crippen LogP contribution in [0.5, 0.6) is 0 Å². The Kier molecular flexibility index (Phi) is 6.65. The van der Waals surface area contributed by atoms with E-state index in [1.54, 1.807) is 24.8 Å². The third-order valence-electron chi connectivity index (χ3n) is 4.96. The molecule has 2 heterocycles. The highest BCUT2D eigenvalue weighted by molar-refractivity contribution is 7.89. The summed E-state index contributed by atoms with van der Waals surface area (Å²) in [6, 6.07) is 3.51. The molecule has 13 heteroatoms. The van der Waals surface area contributed by atoms with Crippen LogP contribution in [0.2, 0.25) is 5.02 Å². The second-order valence-corrected chi connectivity index (χ2v) is 9.41. The van der Waals surface area contributed by atoms with Crippen molar-refractivity contribution in [2.45, 2.75) is 31.0 Å². The molecule has 0 bridgehead atoms. The Labute approximate surface area is 182 Å². The standard InChI is InChI=1S/C18H20ClF3N4O4S/c1-11-9-16(24-30-11)23-17(27)12(2)25-5-7-26(8-6-25)31(28,29)13-3-4-15(19)14(10-13)18(20,21)22/h3-4,9-10,12H,5-8H2,1-2H3,(H,23,24,27). The first-order chi connectivity index (χ1) is 14.4. The Bertz CT molecular complexity index is 1070. The highest BCUT2D eigenvalue weighted by Gasteiger charge is 2.37. The zero-order valence-corrected chi connectivity index (χ0v) is 18.2. The molecule has 1 N–H and O–H groups in total. The number of benzene rings is 1. The number of anilines is 1. The van der Waals surface area contributed by atoms with Gasteiger partial charge in [0.25, 0.3) is 0 Å². The predicted octanol–water partition coefficient (Wildman–Crippen LogP) is 2.99. The molecule has 1 aromatic heterocycles. The molecule has 8 nitrogen and oxygen atoms in total. The largest absolute Gasteiger partial charge is 0.417 e. The van der Waals surface area contributed by atoms with Gasteiger partial charge in [-0.15, -0.1) is 0 Å². The number of aromatic nitrogens is 1. The van der Waals surface area contributed by atoms with E-state index in [0.717, 1.165) is 16.4 Å². The zero-order valence-electron chi connectivity index (χ0n) is 16.6. The van der Waals surface area contributed by atoms with Crippen molar-refractivity contribution < 1.29 is 30.9 Å². The van der Waals surface area contributed by atoms with E-state index in [4.69, 9.17) is 16.1 Å². The summed E-state index contributed by atoms with van der Waals surface area (Å²) in [5.41, 5.74) is -1.21. The monoisotopic (exact) mass is 480 g/mol. The molecule has 0 spiro atoms. The maximum Gasteiger partial charge on any atom is 0.417 e. The maximum absolute atomic E-state index is 13.1. The van der Waals surface area contributed by atoms with Crippen LogP contribution in [0.4, 0.5) is 19.0 Å². The lowest BCUT2D eigenvalue weighted by atomic mass is 10.2. The molecule has 1 aliphatic heterocycles. The van der Waals surface area contributed by atoms with E-state index in [9.17, 15) is 26.4 Å². The van der Waals surface area contributed by atoms with E-state index in [0.29, 0.717) is 11.8 Å². The summed E-state index contributed by atoms with van der Waals surface area (Å²) in [6.07, 6.45) is -4.77. The van der Waals surface area contributed by atoms with Gasteiger partial charge in [-0.3, -0.25) is 9.69 Å². The number of aryl methyl sites for hydroxylation is 1. The number of piperazine rings is 1. The van der Waals surface area contributed by atoms with Gasteiger partial charge in [0.1, 0.15) is 5.76 Å². The van der Waals surface area contributed by atoms with E-state index in [1.807, 2.05) is 0 Å². The Morgan fingerprint density at radius 2 is 1.87 bits per heavy atom. The molecule has 1 unspecified atom stereocenters. The molecule has 0 radical (unpaired) electrons. The van der Waals surface area contributed by atoms with Gasteiger partial charge in [-0.2, -0.15) is 17.5 Å². The highest BCUT2D eigenvalue weighted by Crippen LogP contribution is 2.36. The molecule has 3 rings (SSSR count).